The van der Waals surface area contributed by atoms with Crippen LogP contribution in [0.4, 0.5) is 4.39 Å². The van der Waals surface area contributed by atoms with E-state index in [0.29, 0.717) is 25.2 Å². The highest BCUT2D eigenvalue weighted by molar-refractivity contribution is 5.94. The van der Waals surface area contributed by atoms with Crippen molar-refractivity contribution >= 4 is 5.91 Å². The van der Waals surface area contributed by atoms with E-state index in [1.807, 2.05) is 0 Å². The molecule has 0 radical (unpaired) electrons. The molecule has 1 heterocycles. The number of hydrogen-bond acceptors (Lipinski definition) is 4. The Labute approximate surface area is 124 Å². The third-order valence-electron chi connectivity index (χ3n) is 3.74. The Kier molecular flexibility index (Phi) is 5.52. The smallest absolute Gasteiger partial charge is 0.254 e. The Hall–Kier alpha value is -1.66. The average molecular weight is 295 g/mol. The summed E-state index contributed by atoms with van der Waals surface area (Å²) in [4.78, 5) is 16.4. The molecule has 1 amide bonds. The summed E-state index contributed by atoms with van der Waals surface area (Å²) < 4.78 is 18.5. The highest BCUT2D eigenvalue weighted by atomic mass is 19.1. The Morgan fingerprint density at radius 1 is 1.33 bits per heavy atom. The maximum Gasteiger partial charge on any atom is 0.254 e. The van der Waals surface area contributed by atoms with Crippen molar-refractivity contribution in [2.75, 3.05) is 46.4 Å². The molecule has 6 heteroatoms. The van der Waals surface area contributed by atoms with E-state index >= 15 is 0 Å². The van der Waals surface area contributed by atoms with Crippen molar-refractivity contribution in [3.8, 4) is 5.75 Å². The molecule has 0 aliphatic carbocycles. The molecule has 1 saturated heterocycles. The van der Waals surface area contributed by atoms with Crippen molar-refractivity contribution in [1.82, 2.24) is 9.80 Å². The summed E-state index contributed by atoms with van der Waals surface area (Å²) in [5, 5.41) is 0. The van der Waals surface area contributed by atoms with Gasteiger partial charge in [-0.1, -0.05) is 0 Å². The molecule has 0 spiro atoms. The van der Waals surface area contributed by atoms with Gasteiger partial charge in [0.1, 0.15) is 0 Å². The van der Waals surface area contributed by atoms with Crippen LogP contribution in [0.25, 0.3) is 0 Å². The topological polar surface area (TPSA) is 58.8 Å². The molecule has 0 saturated carbocycles. The Bertz CT molecular complexity index is 488. The highest BCUT2D eigenvalue weighted by Crippen LogP contribution is 2.19. The molecule has 21 heavy (non-hydrogen) atoms. The number of nitrogens with zero attached hydrogens (tertiary/aromatic N) is 2. The number of carbonyl (C=O) groups is 1. The predicted octanol–water partition coefficient (Wildman–Crippen LogP) is 0.941. The molecule has 0 bridgehead atoms. The van der Waals surface area contributed by atoms with Gasteiger partial charge in [-0.2, -0.15) is 0 Å². The van der Waals surface area contributed by atoms with Crippen LogP contribution >= 0.6 is 0 Å². The van der Waals surface area contributed by atoms with Crippen LogP contribution < -0.4 is 10.5 Å². The molecule has 5 nitrogen and oxygen atoms in total. The number of halogens is 1. The molecule has 1 fully saturated rings. The number of amides is 1. The van der Waals surface area contributed by atoms with Crippen molar-refractivity contribution in [2.45, 2.75) is 6.42 Å². The molecule has 116 valence electrons. The largest absolute Gasteiger partial charge is 0.494 e. The molecule has 0 aromatic heterocycles. The summed E-state index contributed by atoms with van der Waals surface area (Å²) in [5.41, 5.74) is 5.86. The number of carbonyl (C=O) groups excluding carboxylic acids is 1. The van der Waals surface area contributed by atoms with Gasteiger partial charge in [-0.3, -0.25) is 9.69 Å². The first kappa shape index (κ1) is 15.7. The molecular weight excluding hydrogens is 273 g/mol. The SMILES string of the molecule is COc1ccc(C(=O)N2CCN(CCCN)CC2)cc1F. The van der Waals surface area contributed by atoms with Gasteiger partial charge in [0.05, 0.1) is 7.11 Å². The van der Waals surface area contributed by atoms with Gasteiger partial charge < -0.3 is 15.4 Å². The number of methoxy groups -OCH3 is 1. The molecule has 0 atom stereocenters. The number of nitrogens with two attached hydrogens (primary N) is 1. The van der Waals surface area contributed by atoms with E-state index in [1.54, 1.807) is 11.0 Å². The second kappa shape index (κ2) is 7.38. The van der Waals surface area contributed by atoms with Crippen molar-refractivity contribution in [3.63, 3.8) is 0 Å². The van der Waals surface area contributed by atoms with Crippen molar-refractivity contribution < 1.29 is 13.9 Å². The second-order valence-electron chi connectivity index (χ2n) is 5.13. The Balaban J connectivity index is 1.94. The lowest BCUT2D eigenvalue weighted by atomic mass is 10.1. The van der Waals surface area contributed by atoms with Crippen LogP contribution in [0.3, 0.4) is 0 Å². The van der Waals surface area contributed by atoms with Crippen molar-refractivity contribution in [3.05, 3.63) is 29.6 Å². The minimum Gasteiger partial charge on any atom is -0.494 e. The molecule has 1 aliphatic heterocycles. The predicted molar refractivity (Wildman–Crippen MR) is 79.0 cm³/mol. The van der Waals surface area contributed by atoms with Crippen LogP contribution in [0.15, 0.2) is 18.2 Å². The van der Waals surface area contributed by atoms with Crippen LogP contribution in [0, 0.1) is 5.82 Å². The van der Waals surface area contributed by atoms with Gasteiger partial charge in [0.2, 0.25) is 0 Å². The van der Waals surface area contributed by atoms with Crippen molar-refractivity contribution in [2.24, 2.45) is 5.73 Å². The summed E-state index contributed by atoms with van der Waals surface area (Å²) in [7, 11) is 1.40. The Morgan fingerprint density at radius 2 is 2.05 bits per heavy atom. The second-order valence-corrected chi connectivity index (χ2v) is 5.13. The lowest BCUT2D eigenvalue weighted by molar-refractivity contribution is 0.0636. The monoisotopic (exact) mass is 295 g/mol. The molecule has 1 aliphatic rings. The average Bonchev–Trinajstić information content (AvgIpc) is 2.52. The quantitative estimate of drug-likeness (QED) is 0.878. The lowest BCUT2D eigenvalue weighted by Crippen LogP contribution is -2.49. The summed E-state index contributed by atoms with van der Waals surface area (Å²) >= 11 is 0. The van der Waals surface area contributed by atoms with Gasteiger partial charge in [-0.25, -0.2) is 4.39 Å². The van der Waals surface area contributed by atoms with E-state index in [9.17, 15) is 9.18 Å². The first-order valence-electron chi connectivity index (χ1n) is 7.21. The minimum absolute atomic E-state index is 0.130. The summed E-state index contributed by atoms with van der Waals surface area (Å²) in [6.07, 6.45) is 0.970. The van der Waals surface area contributed by atoms with Crippen LogP contribution in [0.5, 0.6) is 5.75 Å². The van der Waals surface area contributed by atoms with Crippen LogP contribution in [0.2, 0.25) is 0 Å². The van der Waals surface area contributed by atoms with E-state index in [1.165, 1.54) is 19.2 Å². The summed E-state index contributed by atoms with van der Waals surface area (Å²) in [6, 6.07) is 4.33. The van der Waals surface area contributed by atoms with Gasteiger partial charge in [-0.05, 0) is 37.7 Å². The van der Waals surface area contributed by atoms with Crippen LogP contribution in [-0.4, -0.2) is 62.1 Å². The van der Waals surface area contributed by atoms with Gasteiger partial charge in [0.15, 0.2) is 11.6 Å². The zero-order valence-corrected chi connectivity index (χ0v) is 12.3. The number of hydrogen-bond donors (Lipinski definition) is 1. The van der Waals surface area contributed by atoms with Gasteiger partial charge in [0, 0.05) is 31.7 Å². The maximum absolute atomic E-state index is 13.7. The van der Waals surface area contributed by atoms with Crippen molar-refractivity contribution in [1.29, 1.82) is 0 Å². The minimum atomic E-state index is -0.509. The summed E-state index contributed by atoms with van der Waals surface area (Å²) in [5.74, 6) is -0.488. The first-order chi connectivity index (χ1) is 10.2. The fourth-order valence-corrected chi connectivity index (χ4v) is 2.47. The van der Waals surface area contributed by atoms with Crippen LogP contribution in [-0.2, 0) is 0 Å². The van der Waals surface area contributed by atoms with Gasteiger partial charge in [-0.15, -0.1) is 0 Å². The molecule has 2 rings (SSSR count). The fraction of sp³-hybridized carbons (Fsp3) is 0.533. The molecule has 0 unspecified atom stereocenters. The standard InChI is InChI=1S/C15H22FN3O2/c1-21-14-4-3-12(11-13(14)16)15(20)19-9-7-18(8-10-19)6-2-5-17/h3-4,11H,2,5-10,17H2,1H3. The molecule has 1 aromatic rings. The fourth-order valence-electron chi connectivity index (χ4n) is 2.47. The zero-order chi connectivity index (χ0) is 15.2. The third-order valence-corrected chi connectivity index (χ3v) is 3.74. The molecule has 2 N–H and O–H groups in total. The van der Waals surface area contributed by atoms with Gasteiger partial charge >= 0.3 is 0 Å². The maximum atomic E-state index is 13.7. The number of ether oxygens (including phenoxy) is 1. The van der Waals surface area contributed by atoms with E-state index in [4.69, 9.17) is 10.5 Å². The lowest BCUT2D eigenvalue weighted by Gasteiger charge is -2.34. The number of rotatable bonds is 5. The Morgan fingerprint density at radius 3 is 2.62 bits per heavy atom. The number of benzene rings is 1. The van der Waals surface area contributed by atoms with E-state index in [-0.39, 0.29) is 11.7 Å². The van der Waals surface area contributed by atoms with E-state index in [2.05, 4.69) is 4.90 Å². The molecular formula is C15H22FN3O2. The third kappa shape index (κ3) is 3.92. The normalized spacial score (nSPS) is 16.0. The van der Waals surface area contributed by atoms with E-state index in [0.717, 1.165) is 26.1 Å². The van der Waals surface area contributed by atoms with Gasteiger partial charge in [0.25, 0.3) is 5.91 Å². The first-order valence-corrected chi connectivity index (χ1v) is 7.21. The molecule has 1 aromatic carbocycles. The number of piperazine rings is 1. The van der Waals surface area contributed by atoms with E-state index < -0.39 is 5.82 Å². The summed E-state index contributed by atoms with van der Waals surface area (Å²) in [6.45, 7) is 4.66. The zero-order valence-electron chi connectivity index (χ0n) is 12.3. The highest BCUT2D eigenvalue weighted by Gasteiger charge is 2.22. The van der Waals surface area contributed by atoms with Crippen LogP contribution in [0.1, 0.15) is 16.8 Å².